The number of nitrogens with zero attached hydrogens (tertiary/aromatic N) is 1. The summed E-state index contributed by atoms with van der Waals surface area (Å²) in [5, 5.41) is 2.08. The number of hydroxylamine groups is 2. The van der Waals surface area contributed by atoms with Crippen molar-refractivity contribution in [1.29, 1.82) is 0 Å². The molecule has 4 heteroatoms. The number of carbonyl (C=O) groups is 1. The predicted molar refractivity (Wildman–Crippen MR) is 98.3 cm³/mol. The monoisotopic (exact) mass is 345 g/mol. The average molecular weight is 345 g/mol. The molecule has 138 valence electrons. The van der Waals surface area contributed by atoms with Crippen molar-refractivity contribution >= 4 is 5.97 Å². The molecule has 4 nitrogen and oxygen atoms in total. The molecule has 0 aromatic heterocycles. The van der Waals surface area contributed by atoms with Crippen LogP contribution in [0.5, 0.6) is 0 Å². The van der Waals surface area contributed by atoms with Gasteiger partial charge in [0.2, 0.25) is 0 Å². The molecule has 0 amide bonds. The number of hydrogen-bond donors (Lipinski definition) is 0. The second-order valence-corrected chi connectivity index (χ2v) is 8.72. The van der Waals surface area contributed by atoms with Crippen LogP contribution in [0.1, 0.15) is 57.0 Å². The van der Waals surface area contributed by atoms with Crippen LogP contribution in [0.3, 0.4) is 0 Å². The fraction of sp³-hybridized carbons (Fsp3) is 0.667. The molecular formula is C21H31NO3. The molecule has 25 heavy (non-hydrogen) atoms. The van der Waals surface area contributed by atoms with Crippen molar-refractivity contribution < 1.29 is 14.4 Å². The van der Waals surface area contributed by atoms with Crippen LogP contribution < -0.4 is 0 Å². The third-order valence-electron chi connectivity index (χ3n) is 6.79. The molecule has 1 aliphatic carbocycles. The first-order valence-corrected chi connectivity index (χ1v) is 9.22. The predicted octanol–water partition coefficient (Wildman–Crippen LogP) is 4.05. The molecule has 1 aromatic carbocycles. The van der Waals surface area contributed by atoms with E-state index in [0.29, 0.717) is 29.4 Å². The fourth-order valence-electron chi connectivity index (χ4n) is 5.61. The molecule has 1 heterocycles. The molecule has 0 bridgehead atoms. The lowest BCUT2D eigenvalue weighted by atomic mass is 9.53. The molecule has 1 aromatic rings. The molecule has 2 fully saturated rings. The number of esters is 1. The Labute approximate surface area is 151 Å². The van der Waals surface area contributed by atoms with E-state index in [0.717, 1.165) is 6.42 Å². The smallest absolute Gasteiger partial charge is 0.337 e. The van der Waals surface area contributed by atoms with Crippen molar-refractivity contribution in [2.75, 3.05) is 14.2 Å². The number of ether oxygens (including phenoxy) is 1. The van der Waals surface area contributed by atoms with E-state index >= 15 is 0 Å². The molecule has 0 radical (unpaired) electrons. The van der Waals surface area contributed by atoms with Crippen LogP contribution in [0, 0.1) is 17.8 Å². The van der Waals surface area contributed by atoms with Crippen molar-refractivity contribution in [3.63, 3.8) is 0 Å². The summed E-state index contributed by atoms with van der Waals surface area (Å²) in [6.45, 7) is 11.4. The van der Waals surface area contributed by atoms with Crippen molar-refractivity contribution in [2.24, 2.45) is 17.8 Å². The van der Waals surface area contributed by atoms with Gasteiger partial charge in [-0.25, -0.2) is 4.79 Å². The van der Waals surface area contributed by atoms with Gasteiger partial charge in [-0.1, -0.05) is 32.9 Å². The molecule has 2 aliphatic rings. The van der Waals surface area contributed by atoms with E-state index in [2.05, 4.69) is 52.8 Å². The van der Waals surface area contributed by atoms with E-state index in [-0.39, 0.29) is 17.0 Å². The maximum absolute atomic E-state index is 12.0. The van der Waals surface area contributed by atoms with Crippen LogP contribution in [0.15, 0.2) is 24.3 Å². The van der Waals surface area contributed by atoms with Gasteiger partial charge in [0, 0.05) is 19.0 Å². The van der Waals surface area contributed by atoms with E-state index in [1.807, 2.05) is 18.2 Å². The standard InChI is InChI=1S/C21H31NO3/c1-13-12-21(5,16-10-8-9-15(11-16)19(23)24-7)14(2)17-18(13)22(6)25-20(17,3)4/h8-11,13-14,17-18H,12H2,1-7H3/t13-,14?,17+,18+,21+/m0/s1. The molecule has 1 aliphatic heterocycles. The van der Waals surface area contributed by atoms with Gasteiger partial charge in [0.05, 0.1) is 18.3 Å². The number of rotatable bonds is 2. The highest BCUT2D eigenvalue weighted by molar-refractivity contribution is 5.89. The highest BCUT2D eigenvalue weighted by Gasteiger charge is 2.59. The molecule has 3 rings (SSSR count). The van der Waals surface area contributed by atoms with Gasteiger partial charge in [-0.15, -0.1) is 0 Å². The maximum Gasteiger partial charge on any atom is 0.337 e. The largest absolute Gasteiger partial charge is 0.465 e. The Balaban J connectivity index is 2.03. The van der Waals surface area contributed by atoms with Gasteiger partial charge in [0.1, 0.15) is 0 Å². The van der Waals surface area contributed by atoms with Gasteiger partial charge < -0.3 is 4.74 Å². The number of benzene rings is 1. The SMILES string of the molecule is COC(=O)c1cccc([C@]2(C)C[C@H](C)[C@@H]3[C@@H](C2C)C(C)(C)ON3C)c1. The van der Waals surface area contributed by atoms with Crippen molar-refractivity contribution in [2.45, 2.75) is 58.1 Å². The van der Waals surface area contributed by atoms with Crippen LogP contribution in [0.2, 0.25) is 0 Å². The molecule has 5 atom stereocenters. The minimum Gasteiger partial charge on any atom is -0.465 e. The van der Waals surface area contributed by atoms with Crippen molar-refractivity contribution in [3.8, 4) is 0 Å². The maximum atomic E-state index is 12.0. The van der Waals surface area contributed by atoms with Gasteiger partial charge in [0.15, 0.2) is 0 Å². The van der Waals surface area contributed by atoms with Crippen molar-refractivity contribution in [1.82, 2.24) is 5.06 Å². The van der Waals surface area contributed by atoms with Crippen molar-refractivity contribution in [3.05, 3.63) is 35.4 Å². The lowest BCUT2D eigenvalue weighted by Gasteiger charge is -2.51. The normalized spacial score (nSPS) is 37.6. The fourth-order valence-corrected chi connectivity index (χ4v) is 5.61. The first kappa shape index (κ1) is 18.4. The van der Waals surface area contributed by atoms with E-state index in [1.165, 1.54) is 12.7 Å². The Morgan fingerprint density at radius 2 is 1.96 bits per heavy atom. The van der Waals surface area contributed by atoms with Crippen LogP contribution in [-0.2, 0) is 15.0 Å². The van der Waals surface area contributed by atoms with Crippen LogP contribution in [-0.4, -0.2) is 36.8 Å². The Morgan fingerprint density at radius 3 is 2.60 bits per heavy atom. The summed E-state index contributed by atoms with van der Waals surface area (Å²) in [5.41, 5.74) is 1.66. The van der Waals surface area contributed by atoms with Gasteiger partial charge in [-0.2, -0.15) is 5.06 Å². The van der Waals surface area contributed by atoms with Gasteiger partial charge in [0.25, 0.3) is 0 Å². The van der Waals surface area contributed by atoms with E-state index < -0.39 is 0 Å². The first-order chi connectivity index (χ1) is 11.6. The third kappa shape index (κ3) is 2.80. The van der Waals surface area contributed by atoms with Gasteiger partial charge in [-0.3, -0.25) is 4.84 Å². The Morgan fingerprint density at radius 1 is 1.28 bits per heavy atom. The quantitative estimate of drug-likeness (QED) is 0.758. The Hall–Kier alpha value is -1.39. The molecule has 0 spiro atoms. The zero-order chi connectivity index (χ0) is 18.6. The number of carbonyl (C=O) groups excluding carboxylic acids is 1. The third-order valence-corrected chi connectivity index (χ3v) is 6.79. The van der Waals surface area contributed by atoms with Crippen LogP contribution in [0.4, 0.5) is 0 Å². The lowest BCUT2D eigenvalue weighted by molar-refractivity contribution is -0.182. The van der Waals surface area contributed by atoms with Gasteiger partial charge in [-0.05, 0) is 55.2 Å². The summed E-state index contributed by atoms with van der Waals surface area (Å²) in [5.74, 6) is 1.11. The Kier molecular flexibility index (Phi) is 4.49. The number of hydrogen-bond acceptors (Lipinski definition) is 4. The zero-order valence-corrected chi connectivity index (χ0v) is 16.5. The molecular weight excluding hydrogens is 314 g/mol. The lowest BCUT2D eigenvalue weighted by Crippen LogP contribution is -2.54. The van der Waals surface area contributed by atoms with Gasteiger partial charge >= 0.3 is 5.97 Å². The van der Waals surface area contributed by atoms with E-state index in [1.54, 1.807) is 0 Å². The average Bonchev–Trinajstić information content (AvgIpc) is 2.81. The topological polar surface area (TPSA) is 38.8 Å². The summed E-state index contributed by atoms with van der Waals surface area (Å²) in [4.78, 5) is 18.2. The van der Waals surface area contributed by atoms with Crippen LogP contribution >= 0.6 is 0 Å². The highest BCUT2D eigenvalue weighted by Crippen LogP contribution is 2.56. The van der Waals surface area contributed by atoms with E-state index in [4.69, 9.17) is 9.57 Å². The molecule has 0 N–H and O–H groups in total. The summed E-state index contributed by atoms with van der Waals surface area (Å²) in [7, 11) is 3.50. The molecule has 1 saturated heterocycles. The minimum absolute atomic E-state index is 0.00355. The second-order valence-electron chi connectivity index (χ2n) is 8.72. The highest BCUT2D eigenvalue weighted by atomic mass is 16.7. The first-order valence-electron chi connectivity index (χ1n) is 9.22. The second kappa shape index (κ2) is 6.10. The number of methoxy groups -OCH3 is 1. The molecule has 1 unspecified atom stereocenters. The summed E-state index contributed by atoms with van der Waals surface area (Å²) in [6.07, 6.45) is 1.07. The minimum atomic E-state index is -0.274. The summed E-state index contributed by atoms with van der Waals surface area (Å²) in [6, 6.07) is 8.40. The number of fused-ring (bicyclic) bond motifs is 1. The zero-order valence-electron chi connectivity index (χ0n) is 16.5. The summed E-state index contributed by atoms with van der Waals surface area (Å²) >= 11 is 0. The van der Waals surface area contributed by atoms with Crippen LogP contribution in [0.25, 0.3) is 0 Å². The molecule has 1 saturated carbocycles. The summed E-state index contributed by atoms with van der Waals surface area (Å²) < 4.78 is 4.91. The van der Waals surface area contributed by atoms with E-state index in [9.17, 15) is 4.79 Å². The Bertz CT molecular complexity index is 671.